The van der Waals surface area contributed by atoms with Gasteiger partial charge in [0.1, 0.15) is 11.4 Å². The molecule has 0 aromatic rings. The molecule has 116 valence electrons. The van der Waals surface area contributed by atoms with Gasteiger partial charge in [-0.2, -0.15) is 0 Å². The third-order valence-electron chi connectivity index (χ3n) is 2.66. The Balaban J connectivity index is 2.31. The lowest BCUT2D eigenvalue weighted by molar-refractivity contribution is 0.0276. The second-order valence-electron chi connectivity index (χ2n) is 5.71. The number of ether oxygens (including phenoxy) is 2. The van der Waals surface area contributed by atoms with Crippen LogP contribution in [0.5, 0.6) is 0 Å². The Bertz CT molecular complexity index is 337. The number of carbonyl (C=O) groups excluding carboxylic acids is 1. The highest BCUT2D eigenvalue weighted by Gasteiger charge is 2.24. The van der Waals surface area contributed by atoms with Crippen LogP contribution in [0.1, 0.15) is 34.1 Å². The highest BCUT2D eigenvalue weighted by atomic mass is 16.6. The summed E-state index contributed by atoms with van der Waals surface area (Å²) < 4.78 is 10.6. The van der Waals surface area contributed by atoms with E-state index < -0.39 is 5.60 Å². The van der Waals surface area contributed by atoms with E-state index in [9.17, 15) is 4.79 Å². The van der Waals surface area contributed by atoms with E-state index in [0.29, 0.717) is 19.6 Å². The topological polar surface area (TPSA) is 63.2 Å². The highest BCUT2D eigenvalue weighted by molar-refractivity contribution is 5.87. The highest BCUT2D eigenvalue weighted by Crippen LogP contribution is 2.10. The van der Waals surface area contributed by atoms with Crippen LogP contribution in [0.3, 0.4) is 0 Å². The van der Waals surface area contributed by atoms with Crippen LogP contribution in [0.25, 0.3) is 0 Å². The van der Waals surface area contributed by atoms with Crippen molar-refractivity contribution >= 4 is 11.9 Å². The first-order valence-corrected chi connectivity index (χ1v) is 7.25. The number of rotatable bonds is 5. The number of carbonyl (C=O) groups is 1. The molecule has 1 N–H and O–H groups in total. The molecule has 0 aliphatic carbocycles. The van der Waals surface area contributed by atoms with Crippen LogP contribution in [0.4, 0.5) is 4.79 Å². The van der Waals surface area contributed by atoms with Gasteiger partial charge in [-0.1, -0.05) is 0 Å². The number of nitrogens with one attached hydrogen (secondary N) is 1. The van der Waals surface area contributed by atoms with Crippen molar-refractivity contribution in [2.24, 2.45) is 4.99 Å². The van der Waals surface area contributed by atoms with Gasteiger partial charge in [0.05, 0.1) is 13.1 Å². The average molecular weight is 285 g/mol. The first kappa shape index (κ1) is 16.8. The normalized spacial score (nSPS) is 15.8. The van der Waals surface area contributed by atoms with E-state index in [1.54, 1.807) is 4.90 Å². The first-order valence-electron chi connectivity index (χ1n) is 7.25. The summed E-state index contributed by atoms with van der Waals surface area (Å²) in [5.41, 5.74) is -0.462. The maximum atomic E-state index is 12.0. The molecule has 1 amide bonds. The van der Waals surface area contributed by atoms with Gasteiger partial charge in [0.15, 0.2) is 0 Å². The fraction of sp³-hybridized carbons (Fsp3) is 0.857. The lowest BCUT2D eigenvalue weighted by Gasteiger charge is -2.29. The Morgan fingerprint density at radius 1 is 1.45 bits per heavy atom. The van der Waals surface area contributed by atoms with Crippen molar-refractivity contribution in [2.45, 2.75) is 39.7 Å². The van der Waals surface area contributed by atoms with Gasteiger partial charge in [0, 0.05) is 26.3 Å². The molecule has 0 spiro atoms. The lowest BCUT2D eigenvalue weighted by Crippen LogP contribution is -2.47. The van der Waals surface area contributed by atoms with Gasteiger partial charge in [-0.3, -0.25) is 9.89 Å². The summed E-state index contributed by atoms with van der Waals surface area (Å²) in [6.07, 6.45) is 0.653. The van der Waals surface area contributed by atoms with Crippen molar-refractivity contribution in [1.29, 1.82) is 0 Å². The largest absolute Gasteiger partial charge is 0.444 e. The first-order chi connectivity index (χ1) is 9.42. The third kappa shape index (κ3) is 6.75. The third-order valence-corrected chi connectivity index (χ3v) is 2.66. The van der Waals surface area contributed by atoms with Crippen LogP contribution in [-0.2, 0) is 9.47 Å². The van der Waals surface area contributed by atoms with Gasteiger partial charge in [0.25, 0.3) is 0 Å². The molecule has 0 bridgehead atoms. The van der Waals surface area contributed by atoms with Crippen molar-refractivity contribution in [1.82, 2.24) is 10.2 Å². The van der Waals surface area contributed by atoms with Gasteiger partial charge >= 0.3 is 6.09 Å². The molecule has 1 aliphatic heterocycles. The quantitative estimate of drug-likeness (QED) is 0.780. The van der Waals surface area contributed by atoms with E-state index in [1.165, 1.54) is 0 Å². The summed E-state index contributed by atoms with van der Waals surface area (Å²) in [5, 5.41) is 3.25. The summed E-state index contributed by atoms with van der Waals surface area (Å²) in [5.74, 6) is 0.846. The van der Waals surface area contributed by atoms with Crippen LogP contribution in [0, 0.1) is 0 Å². The Hall–Kier alpha value is -1.30. The predicted octanol–water partition coefficient (Wildman–Crippen LogP) is 1.65. The van der Waals surface area contributed by atoms with Crippen LogP contribution in [0.2, 0.25) is 0 Å². The summed E-state index contributed by atoms with van der Waals surface area (Å²) in [6, 6.07) is 0. The smallest absolute Gasteiger partial charge is 0.410 e. The average Bonchev–Trinajstić information content (AvgIpc) is 2.37. The van der Waals surface area contributed by atoms with E-state index in [1.807, 2.05) is 27.7 Å². The standard InChI is InChI=1S/C14H27N3O3/c1-5-19-10-6-7-15-12-11-17(9-8-16-12)13(18)20-14(2,3)4/h5-11H2,1-4H3,(H,15,16). The molecule has 0 fully saturated rings. The number of hydrogen-bond acceptors (Lipinski definition) is 5. The Morgan fingerprint density at radius 3 is 2.85 bits per heavy atom. The van der Waals surface area contributed by atoms with E-state index in [4.69, 9.17) is 9.47 Å². The van der Waals surface area contributed by atoms with Gasteiger partial charge in [-0.25, -0.2) is 4.79 Å². The molecule has 20 heavy (non-hydrogen) atoms. The van der Waals surface area contributed by atoms with Crippen molar-refractivity contribution in [3.63, 3.8) is 0 Å². The molecular weight excluding hydrogens is 258 g/mol. The summed E-state index contributed by atoms with van der Waals surface area (Å²) in [6.45, 7) is 11.6. The minimum Gasteiger partial charge on any atom is -0.444 e. The van der Waals surface area contributed by atoms with Crippen LogP contribution in [-0.4, -0.2) is 61.8 Å². The van der Waals surface area contributed by atoms with E-state index in [-0.39, 0.29) is 6.09 Å². The number of hydrogen-bond donors (Lipinski definition) is 1. The van der Waals surface area contributed by atoms with E-state index in [2.05, 4.69) is 10.3 Å². The monoisotopic (exact) mass is 285 g/mol. The molecule has 0 saturated carbocycles. The summed E-state index contributed by atoms with van der Waals surface area (Å²) >= 11 is 0. The Labute approximate surface area is 121 Å². The lowest BCUT2D eigenvalue weighted by atomic mass is 10.2. The summed E-state index contributed by atoms with van der Waals surface area (Å²) in [7, 11) is 0. The molecular formula is C14H27N3O3. The molecule has 1 heterocycles. The van der Waals surface area contributed by atoms with Crippen molar-refractivity contribution in [2.75, 3.05) is 39.4 Å². The molecule has 6 nitrogen and oxygen atoms in total. The SMILES string of the molecule is CCOCCCNC1=NCCN(C(=O)OC(C)(C)C)C1. The molecule has 6 heteroatoms. The maximum absolute atomic E-state index is 12.0. The molecule has 1 aliphatic rings. The predicted molar refractivity (Wildman–Crippen MR) is 79.2 cm³/mol. The second-order valence-corrected chi connectivity index (χ2v) is 5.71. The van der Waals surface area contributed by atoms with Gasteiger partial charge < -0.3 is 14.8 Å². The minimum atomic E-state index is -0.462. The zero-order valence-electron chi connectivity index (χ0n) is 13.1. The zero-order chi connectivity index (χ0) is 15.0. The Morgan fingerprint density at radius 2 is 2.20 bits per heavy atom. The van der Waals surface area contributed by atoms with E-state index >= 15 is 0 Å². The van der Waals surface area contributed by atoms with Crippen LogP contribution >= 0.6 is 0 Å². The molecule has 1 rings (SSSR count). The number of nitrogens with zero attached hydrogens (tertiary/aromatic N) is 2. The second kappa shape index (κ2) is 8.09. The van der Waals surface area contributed by atoms with Crippen molar-refractivity contribution < 1.29 is 14.3 Å². The summed E-state index contributed by atoms with van der Waals surface area (Å²) in [4.78, 5) is 18.1. The van der Waals surface area contributed by atoms with Crippen LogP contribution < -0.4 is 5.32 Å². The number of amidine groups is 1. The molecule has 0 saturated heterocycles. The molecule has 0 aromatic carbocycles. The molecule has 0 aromatic heterocycles. The van der Waals surface area contributed by atoms with Gasteiger partial charge in [-0.15, -0.1) is 0 Å². The fourth-order valence-corrected chi connectivity index (χ4v) is 1.76. The van der Waals surface area contributed by atoms with E-state index in [0.717, 1.165) is 32.0 Å². The number of amides is 1. The molecule has 0 atom stereocenters. The minimum absolute atomic E-state index is 0.277. The van der Waals surface area contributed by atoms with Crippen molar-refractivity contribution in [3.8, 4) is 0 Å². The number of aliphatic imine (C=N–C) groups is 1. The van der Waals surface area contributed by atoms with Crippen molar-refractivity contribution in [3.05, 3.63) is 0 Å². The zero-order valence-corrected chi connectivity index (χ0v) is 13.1. The molecule has 0 radical (unpaired) electrons. The Kier molecular flexibility index (Phi) is 6.78. The fourth-order valence-electron chi connectivity index (χ4n) is 1.76. The molecule has 0 unspecified atom stereocenters. The van der Waals surface area contributed by atoms with Gasteiger partial charge in [0.2, 0.25) is 0 Å². The van der Waals surface area contributed by atoms with Crippen LogP contribution in [0.15, 0.2) is 4.99 Å². The maximum Gasteiger partial charge on any atom is 0.410 e. The van der Waals surface area contributed by atoms with Gasteiger partial charge in [-0.05, 0) is 34.1 Å².